The van der Waals surface area contributed by atoms with Gasteiger partial charge >= 0.3 is 0 Å². The van der Waals surface area contributed by atoms with Gasteiger partial charge in [0.15, 0.2) is 0 Å². The lowest BCUT2D eigenvalue weighted by atomic mass is 10.1. The molecule has 2 nitrogen and oxygen atoms in total. The summed E-state index contributed by atoms with van der Waals surface area (Å²) in [5.74, 6) is 1.31. The molecule has 0 aliphatic carbocycles. The Balaban J connectivity index is 2.13. The molecule has 0 spiro atoms. The Morgan fingerprint density at radius 1 is 1.46 bits per heavy atom. The van der Waals surface area contributed by atoms with Crippen LogP contribution in [0.1, 0.15) is 12.8 Å². The van der Waals surface area contributed by atoms with Gasteiger partial charge in [0.2, 0.25) is 0 Å². The third-order valence-electron chi connectivity index (χ3n) is 2.53. The highest BCUT2D eigenvalue weighted by Crippen LogP contribution is 2.18. The highest BCUT2D eigenvalue weighted by atomic mass is 35.5. The first-order chi connectivity index (χ1) is 6.36. The molecule has 76 valence electrons. The van der Waals surface area contributed by atoms with Gasteiger partial charge in [0.05, 0.1) is 0 Å². The highest BCUT2D eigenvalue weighted by molar-refractivity contribution is 6.18. The summed E-state index contributed by atoms with van der Waals surface area (Å²) in [5.41, 5.74) is 0. The smallest absolute Gasteiger partial charge is 0.0434 e. The summed E-state index contributed by atoms with van der Waals surface area (Å²) in [4.78, 5) is 2.41. The van der Waals surface area contributed by atoms with E-state index in [1.807, 2.05) is 6.08 Å². The van der Waals surface area contributed by atoms with Crippen molar-refractivity contribution >= 4 is 11.6 Å². The quantitative estimate of drug-likeness (QED) is 0.541. The molecule has 13 heavy (non-hydrogen) atoms. The fourth-order valence-electron chi connectivity index (χ4n) is 1.78. The molecular formula is C10H18ClNO. The second-order valence-electron chi connectivity index (χ2n) is 3.55. The molecule has 1 atom stereocenters. The van der Waals surface area contributed by atoms with Crippen LogP contribution < -0.4 is 0 Å². The number of hydrogen-bond acceptors (Lipinski definition) is 2. The largest absolute Gasteiger partial charge is 0.396 e. The van der Waals surface area contributed by atoms with E-state index in [9.17, 15) is 0 Å². The molecule has 0 amide bonds. The van der Waals surface area contributed by atoms with Crippen LogP contribution in [0.15, 0.2) is 12.2 Å². The van der Waals surface area contributed by atoms with Gasteiger partial charge < -0.3 is 5.11 Å². The maximum atomic E-state index is 8.78. The molecular weight excluding hydrogens is 186 g/mol. The van der Waals surface area contributed by atoms with Crippen LogP contribution >= 0.6 is 11.6 Å². The summed E-state index contributed by atoms with van der Waals surface area (Å²) in [6.45, 7) is 3.63. The Hall–Kier alpha value is -0.0500. The number of rotatable bonds is 5. The Morgan fingerprint density at radius 2 is 2.31 bits per heavy atom. The van der Waals surface area contributed by atoms with Crippen LogP contribution in [-0.4, -0.2) is 42.1 Å². The van der Waals surface area contributed by atoms with Crippen molar-refractivity contribution in [1.82, 2.24) is 4.90 Å². The van der Waals surface area contributed by atoms with Crippen molar-refractivity contribution in [2.75, 3.05) is 32.1 Å². The highest BCUT2D eigenvalue weighted by Gasteiger charge is 2.20. The van der Waals surface area contributed by atoms with Crippen molar-refractivity contribution in [2.24, 2.45) is 5.92 Å². The predicted molar refractivity (Wildman–Crippen MR) is 56.1 cm³/mol. The van der Waals surface area contributed by atoms with E-state index in [-0.39, 0.29) is 0 Å². The van der Waals surface area contributed by atoms with Crippen molar-refractivity contribution in [3.05, 3.63) is 12.2 Å². The van der Waals surface area contributed by atoms with Gasteiger partial charge in [0.1, 0.15) is 0 Å². The molecule has 0 aromatic rings. The topological polar surface area (TPSA) is 23.5 Å². The molecule has 0 radical (unpaired) electrons. The molecule has 1 fully saturated rings. The lowest BCUT2D eigenvalue weighted by Gasteiger charge is -2.12. The summed E-state index contributed by atoms with van der Waals surface area (Å²) < 4.78 is 0. The average molecular weight is 204 g/mol. The number of aliphatic hydroxyl groups excluding tert-OH is 1. The van der Waals surface area contributed by atoms with E-state index in [1.54, 1.807) is 0 Å². The SMILES string of the molecule is OCCC1CCN(C/C=C/CCl)C1. The van der Waals surface area contributed by atoms with Gasteiger partial charge in [-0.1, -0.05) is 12.2 Å². The van der Waals surface area contributed by atoms with Gasteiger partial charge in [-0.25, -0.2) is 0 Å². The minimum atomic E-state index is 0.329. The molecule has 1 aliphatic heterocycles. The number of hydrogen-bond donors (Lipinski definition) is 1. The lowest BCUT2D eigenvalue weighted by molar-refractivity contribution is 0.254. The van der Waals surface area contributed by atoms with E-state index >= 15 is 0 Å². The maximum Gasteiger partial charge on any atom is 0.0434 e. The molecule has 1 rings (SSSR count). The standard InChI is InChI=1S/C10H18ClNO/c11-5-1-2-6-12-7-3-10(9-12)4-8-13/h1-2,10,13H,3-9H2/b2-1+. The van der Waals surface area contributed by atoms with Crippen molar-refractivity contribution in [3.8, 4) is 0 Å². The van der Waals surface area contributed by atoms with Crippen LogP contribution in [0.3, 0.4) is 0 Å². The second kappa shape index (κ2) is 6.41. The summed E-state index contributed by atoms with van der Waals surface area (Å²) in [7, 11) is 0. The number of halogens is 1. The summed E-state index contributed by atoms with van der Waals surface area (Å²) >= 11 is 5.53. The van der Waals surface area contributed by atoms with Crippen LogP contribution in [0.4, 0.5) is 0 Å². The zero-order chi connectivity index (χ0) is 9.52. The van der Waals surface area contributed by atoms with Crippen molar-refractivity contribution in [3.63, 3.8) is 0 Å². The van der Waals surface area contributed by atoms with Gasteiger partial charge in [0.25, 0.3) is 0 Å². The zero-order valence-corrected chi connectivity index (χ0v) is 8.71. The van der Waals surface area contributed by atoms with Crippen molar-refractivity contribution in [1.29, 1.82) is 0 Å². The minimum absolute atomic E-state index is 0.329. The molecule has 1 N–H and O–H groups in total. The molecule has 0 aromatic carbocycles. The number of alkyl halides is 1. The number of nitrogens with zero attached hydrogens (tertiary/aromatic N) is 1. The normalized spacial score (nSPS) is 24.6. The van der Waals surface area contributed by atoms with Crippen molar-refractivity contribution < 1.29 is 5.11 Å². The summed E-state index contributed by atoms with van der Waals surface area (Å²) in [6.07, 6.45) is 6.29. The first-order valence-electron chi connectivity index (χ1n) is 4.91. The van der Waals surface area contributed by atoms with E-state index in [0.717, 1.165) is 26.1 Å². The van der Waals surface area contributed by atoms with Gasteiger partial charge in [-0.15, -0.1) is 11.6 Å². The maximum absolute atomic E-state index is 8.78. The number of aliphatic hydroxyl groups is 1. The van der Waals surface area contributed by atoms with Gasteiger partial charge in [-0.2, -0.15) is 0 Å². The molecule has 0 saturated carbocycles. The zero-order valence-electron chi connectivity index (χ0n) is 7.95. The van der Waals surface area contributed by atoms with E-state index in [1.165, 1.54) is 6.42 Å². The van der Waals surface area contributed by atoms with Crippen LogP contribution in [0.25, 0.3) is 0 Å². The van der Waals surface area contributed by atoms with Gasteiger partial charge in [-0.3, -0.25) is 4.90 Å². The Bertz CT molecular complexity index is 161. The molecule has 1 aliphatic rings. The Morgan fingerprint density at radius 3 is 3.00 bits per heavy atom. The lowest BCUT2D eigenvalue weighted by Crippen LogP contribution is -2.20. The van der Waals surface area contributed by atoms with Gasteiger partial charge in [-0.05, 0) is 25.3 Å². The molecule has 1 saturated heterocycles. The minimum Gasteiger partial charge on any atom is -0.396 e. The van der Waals surface area contributed by atoms with E-state index in [0.29, 0.717) is 18.4 Å². The second-order valence-corrected chi connectivity index (χ2v) is 3.86. The third kappa shape index (κ3) is 4.12. The first kappa shape index (κ1) is 11.0. The van der Waals surface area contributed by atoms with Crippen LogP contribution in [0, 0.1) is 5.92 Å². The number of likely N-dealkylation sites (tertiary alicyclic amines) is 1. The third-order valence-corrected chi connectivity index (χ3v) is 2.70. The molecule has 0 bridgehead atoms. The monoisotopic (exact) mass is 203 g/mol. The van der Waals surface area contributed by atoms with Crippen LogP contribution in [0.2, 0.25) is 0 Å². The first-order valence-corrected chi connectivity index (χ1v) is 5.44. The summed E-state index contributed by atoms with van der Waals surface area (Å²) in [6, 6.07) is 0. The van der Waals surface area contributed by atoms with Crippen LogP contribution in [0.5, 0.6) is 0 Å². The fraction of sp³-hybridized carbons (Fsp3) is 0.800. The molecule has 0 aromatic heterocycles. The van der Waals surface area contributed by atoms with Crippen molar-refractivity contribution in [2.45, 2.75) is 12.8 Å². The van der Waals surface area contributed by atoms with E-state index < -0.39 is 0 Å². The number of allylic oxidation sites excluding steroid dienone is 1. The average Bonchev–Trinajstić information content (AvgIpc) is 2.54. The Labute approximate surface area is 85.2 Å². The van der Waals surface area contributed by atoms with Crippen LogP contribution in [-0.2, 0) is 0 Å². The molecule has 1 heterocycles. The van der Waals surface area contributed by atoms with Gasteiger partial charge in [0, 0.05) is 25.6 Å². The molecule has 1 unspecified atom stereocenters. The predicted octanol–water partition coefficient (Wildman–Crippen LogP) is 1.49. The summed E-state index contributed by atoms with van der Waals surface area (Å²) in [5, 5.41) is 8.78. The van der Waals surface area contributed by atoms with E-state index in [2.05, 4.69) is 11.0 Å². The Kier molecular flexibility index (Phi) is 5.44. The van der Waals surface area contributed by atoms with E-state index in [4.69, 9.17) is 16.7 Å². The molecule has 3 heteroatoms. The fourth-order valence-corrected chi connectivity index (χ4v) is 1.91.